The fourth-order valence-corrected chi connectivity index (χ4v) is 1.46. The summed E-state index contributed by atoms with van der Waals surface area (Å²) in [6, 6.07) is 5.23. The molecule has 2 rings (SSSR count). The summed E-state index contributed by atoms with van der Waals surface area (Å²) in [5.41, 5.74) is 1.35. The van der Waals surface area contributed by atoms with E-state index in [0.29, 0.717) is 12.2 Å². The molecule has 0 fully saturated rings. The van der Waals surface area contributed by atoms with Gasteiger partial charge in [0.1, 0.15) is 0 Å². The molecule has 6 heteroatoms. The van der Waals surface area contributed by atoms with Gasteiger partial charge in [-0.1, -0.05) is 0 Å². The summed E-state index contributed by atoms with van der Waals surface area (Å²) in [6.45, 7) is 0.465. The number of aryl methyl sites for hydroxylation is 1. The number of rotatable bonds is 4. The number of hydrogen-bond donors (Lipinski definition) is 2. The van der Waals surface area contributed by atoms with E-state index in [4.69, 9.17) is 5.11 Å². The van der Waals surface area contributed by atoms with Gasteiger partial charge in [0.25, 0.3) is 0 Å². The zero-order valence-electron chi connectivity index (χ0n) is 9.29. The van der Waals surface area contributed by atoms with Crippen LogP contribution in [0.2, 0.25) is 0 Å². The van der Waals surface area contributed by atoms with Crippen LogP contribution in [0.5, 0.6) is 0 Å². The lowest BCUT2D eigenvalue weighted by molar-refractivity contribution is 0.0691. The zero-order valence-corrected chi connectivity index (χ0v) is 9.29. The van der Waals surface area contributed by atoms with Crippen molar-refractivity contribution in [3.63, 3.8) is 0 Å². The molecule has 0 saturated heterocycles. The van der Waals surface area contributed by atoms with E-state index in [1.807, 2.05) is 19.3 Å². The molecule has 0 aromatic carbocycles. The number of pyridine rings is 1. The molecule has 6 nitrogen and oxygen atoms in total. The van der Waals surface area contributed by atoms with Gasteiger partial charge in [0.15, 0.2) is 5.69 Å². The molecule has 0 unspecified atom stereocenters. The fraction of sp³-hybridized carbons (Fsp3) is 0.182. The van der Waals surface area contributed by atoms with Crippen LogP contribution in [0.4, 0.5) is 5.69 Å². The lowest BCUT2D eigenvalue weighted by Gasteiger charge is -2.06. The number of anilines is 1. The maximum absolute atomic E-state index is 10.9. The highest BCUT2D eigenvalue weighted by Gasteiger charge is 2.10. The summed E-state index contributed by atoms with van der Waals surface area (Å²) in [6.07, 6.45) is 3.29. The molecule has 0 atom stereocenters. The molecule has 0 amide bonds. The van der Waals surface area contributed by atoms with Gasteiger partial charge in [0, 0.05) is 19.4 Å². The number of aromatic nitrogens is 3. The number of carboxylic acids is 1. The number of nitrogens with one attached hydrogen (secondary N) is 1. The van der Waals surface area contributed by atoms with Crippen LogP contribution >= 0.6 is 0 Å². The largest absolute Gasteiger partial charge is 0.476 e. The van der Waals surface area contributed by atoms with Crippen molar-refractivity contribution in [2.75, 3.05) is 5.32 Å². The minimum absolute atomic E-state index is 0.0171. The number of hydrogen-bond acceptors (Lipinski definition) is 4. The van der Waals surface area contributed by atoms with Crippen LogP contribution in [0.15, 0.2) is 30.6 Å². The highest BCUT2D eigenvalue weighted by molar-refractivity contribution is 5.91. The third-order valence-electron chi connectivity index (χ3n) is 2.24. The first-order chi connectivity index (χ1) is 8.16. The Morgan fingerprint density at radius 3 is 3.00 bits per heavy atom. The van der Waals surface area contributed by atoms with Crippen molar-refractivity contribution in [2.24, 2.45) is 7.05 Å². The first-order valence-corrected chi connectivity index (χ1v) is 5.07. The monoisotopic (exact) mass is 232 g/mol. The minimum atomic E-state index is -1.05. The van der Waals surface area contributed by atoms with E-state index < -0.39 is 5.97 Å². The van der Waals surface area contributed by atoms with Gasteiger partial charge in [-0.15, -0.1) is 0 Å². The van der Waals surface area contributed by atoms with E-state index in [9.17, 15) is 4.79 Å². The number of aromatic carboxylic acids is 1. The van der Waals surface area contributed by atoms with Crippen LogP contribution in [-0.4, -0.2) is 25.8 Å². The van der Waals surface area contributed by atoms with Gasteiger partial charge in [-0.2, -0.15) is 5.10 Å². The Labute approximate surface area is 97.9 Å². The molecule has 0 aliphatic heterocycles. The molecule has 88 valence electrons. The minimum Gasteiger partial charge on any atom is -0.476 e. The van der Waals surface area contributed by atoms with Gasteiger partial charge in [0.2, 0.25) is 0 Å². The SMILES string of the molecule is Cn1ccc(CNc2cccnc2C(=O)O)n1. The Morgan fingerprint density at radius 1 is 1.53 bits per heavy atom. The quantitative estimate of drug-likeness (QED) is 0.825. The van der Waals surface area contributed by atoms with E-state index >= 15 is 0 Å². The Balaban J connectivity index is 2.11. The molecule has 17 heavy (non-hydrogen) atoms. The predicted molar refractivity (Wildman–Crippen MR) is 61.7 cm³/mol. The van der Waals surface area contributed by atoms with Crippen molar-refractivity contribution >= 4 is 11.7 Å². The summed E-state index contributed by atoms with van der Waals surface area (Å²) in [5.74, 6) is -1.05. The van der Waals surface area contributed by atoms with Crippen LogP contribution in [0.25, 0.3) is 0 Å². The lowest BCUT2D eigenvalue weighted by atomic mass is 10.3. The summed E-state index contributed by atoms with van der Waals surface area (Å²) in [5, 5.41) is 16.1. The second-order valence-electron chi connectivity index (χ2n) is 3.54. The fourth-order valence-electron chi connectivity index (χ4n) is 1.46. The molecule has 2 N–H and O–H groups in total. The van der Waals surface area contributed by atoms with E-state index in [1.165, 1.54) is 6.20 Å². The highest BCUT2D eigenvalue weighted by Crippen LogP contribution is 2.12. The van der Waals surface area contributed by atoms with Crippen molar-refractivity contribution in [1.82, 2.24) is 14.8 Å². The molecule has 0 radical (unpaired) electrons. The zero-order chi connectivity index (χ0) is 12.3. The van der Waals surface area contributed by atoms with Gasteiger partial charge >= 0.3 is 5.97 Å². The third kappa shape index (κ3) is 2.60. The van der Waals surface area contributed by atoms with Crippen LogP contribution in [0, 0.1) is 0 Å². The van der Waals surface area contributed by atoms with Crippen LogP contribution < -0.4 is 5.32 Å². The first kappa shape index (κ1) is 11.1. The van der Waals surface area contributed by atoms with Crippen LogP contribution in [0.3, 0.4) is 0 Å². The molecule has 0 aliphatic rings. The third-order valence-corrected chi connectivity index (χ3v) is 2.24. The first-order valence-electron chi connectivity index (χ1n) is 5.07. The molecule has 2 heterocycles. The Morgan fingerprint density at radius 2 is 2.35 bits per heavy atom. The molecule has 0 spiro atoms. The lowest BCUT2D eigenvalue weighted by Crippen LogP contribution is -2.08. The van der Waals surface area contributed by atoms with Crippen molar-refractivity contribution in [3.8, 4) is 0 Å². The highest BCUT2D eigenvalue weighted by atomic mass is 16.4. The summed E-state index contributed by atoms with van der Waals surface area (Å²) < 4.78 is 1.69. The van der Waals surface area contributed by atoms with Gasteiger partial charge < -0.3 is 10.4 Å². The number of carbonyl (C=O) groups is 1. The molecular weight excluding hydrogens is 220 g/mol. The van der Waals surface area contributed by atoms with E-state index in [-0.39, 0.29) is 5.69 Å². The number of carboxylic acid groups (broad SMARTS) is 1. The molecular formula is C11H12N4O2. The Kier molecular flexibility index (Phi) is 3.04. The topological polar surface area (TPSA) is 80.0 Å². The van der Waals surface area contributed by atoms with Gasteiger partial charge in [-0.05, 0) is 18.2 Å². The number of nitrogens with zero attached hydrogens (tertiary/aromatic N) is 3. The summed E-state index contributed by atoms with van der Waals surface area (Å²) in [7, 11) is 1.83. The van der Waals surface area contributed by atoms with Crippen LogP contribution in [-0.2, 0) is 13.6 Å². The Hall–Kier alpha value is -2.37. The standard InChI is InChI=1S/C11H12N4O2/c1-15-6-4-8(14-15)7-13-9-3-2-5-12-10(9)11(16)17/h2-6,13H,7H2,1H3,(H,16,17). The van der Waals surface area contributed by atoms with Gasteiger partial charge in [-0.3, -0.25) is 4.68 Å². The molecule has 2 aromatic rings. The van der Waals surface area contributed by atoms with Crippen molar-refractivity contribution < 1.29 is 9.90 Å². The summed E-state index contributed by atoms with van der Waals surface area (Å²) >= 11 is 0. The maximum Gasteiger partial charge on any atom is 0.356 e. The van der Waals surface area contributed by atoms with Crippen LogP contribution in [0.1, 0.15) is 16.2 Å². The molecule has 0 aliphatic carbocycles. The molecule has 0 bridgehead atoms. The average molecular weight is 232 g/mol. The second kappa shape index (κ2) is 4.65. The van der Waals surface area contributed by atoms with Crippen molar-refractivity contribution in [2.45, 2.75) is 6.54 Å². The Bertz CT molecular complexity index is 536. The normalized spacial score (nSPS) is 10.2. The second-order valence-corrected chi connectivity index (χ2v) is 3.54. The predicted octanol–water partition coefficient (Wildman–Crippen LogP) is 1.13. The molecule has 0 saturated carbocycles. The van der Waals surface area contributed by atoms with E-state index in [2.05, 4.69) is 15.4 Å². The van der Waals surface area contributed by atoms with Crippen molar-refractivity contribution in [3.05, 3.63) is 42.0 Å². The van der Waals surface area contributed by atoms with E-state index in [1.54, 1.807) is 16.8 Å². The maximum atomic E-state index is 10.9. The smallest absolute Gasteiger partial charge is 0.356 e. The van der Waals surface area contributed by atoms with E-state index in [0.717, 1.165) is 5.69 Å². The summed E-state index contributed by atoms with van der Waals surface area (Å²) in [4.78, 5) is 14.7. The van der Waals surface area contributed by atoms with Crippen molar-refractivity contribution in [1.29, 1.82) is 0 Å². The average Bonchev–Trinajstić information content (AvgIpc) is 2.73. The molecule has 2 aromatic heterocycles. The van der Waals surface area contributed by atoms with Gasteiger partial charge in [0.05, 0.1) is 17.9 Å². The van der Waals surface area contributed by atoms with Gasteiger partial charge in [-0.25, -0.2) is 9.78 Å².